The standard InChI is InChI=1S/C19H22N6O3/c1-11-9-28-16-8-14(25(26)27)7-15-18(16)24(11)19(22-15)23-5-3-13(4-6-23)17-12(2)20-10-21-17/h7-8,10-11,13H,3-6,9H2,1-2H3,(H,20,21)/t11-/m0/s1. The lowest BCUT2D eigenvalue weighted by Crippen LogP contribution is -2.36. The predicted octanol–water partition coefficient (Wildman–Crippen LogP) is 3.31. The molecule has 1 fully saturated rings. The number of imidazole rings is 2. The summed E-state index contributed by atoms with van der Waals surface area (Å²) >= 11 is 0. The Kier molecular flexibility index (Phi) is 3.78. The maximum Gasteiger partial charge on any atom is 0.275 e. The van der Waals surface area contributed by atoms with E-state index in [0.717, 1.165) is 48.8 Å². The second-order valence-corrected chi connectivity index (χ2v) is 7.68. The zero-order chi connectivity index (χ0) is 19.4. The summed E-state index contributed by atoms with van der Waals surface area (Å²) in [6.07, 6.45) is 3.78. The molecule has 9 heteroatoms. The molecule has 2 aliphatic heterocycles. The highest BCUT2D eigenvalue weighted by Gasteiger charge is 2.31. The third-order valence-corrected chi connectivity index (χ3v) is 5.88. The van der Waals surface area contributed by atoms with Crippen LogP contribution in [0.5, 0.6) is 5.75 Å². The third-order valence-electron chi connectivity index (χ3n) is 5.88. The smallest absolute Gasteiger partial charge is 0.275 e. The highest BCUT2D eigenvalue weighted by atomic mass is 16.6. The summed E-state index contributed by atoms with van der Waals surface area (Å²) in [4.78, 5) is 25.6. The highest BCUT2D eigenvalue weighted by molar-refractivity contribution is 5.88. The number of aromatic nitrogens is 4. The summed E-state index contributed by atoms with van der Waals surface area (Å²) in [5.74, 6) is 1.87. The maximum absolute atomic E-state index is 11.3. The first-order valence-electron chi connectivity index (χ1n) is 9.61. The Hall–Kier alpha value is -3.10. The van der Waals surface area contributed by atoms with Crippen LogP contribution in [0.4, 0.5) is 11.6 Å². The molecule has 0 aliphatic carbocycles. The molecule has 28 heavy (non-hydrogen) atoms. The molecule has 0 bridgehead atoms. The lowest BCUT2D eigenvalue weighted by Gasteiger charge is -2.34. The van der Waals surface area contributed by atoms with Gasteiger partial charge in [-0.25, -0.2) is 9.97 Å². The molecule has 2 aliphatic rings. The molecular formula is C19H22N6O3. The highest BCUT2D eigenvalue weighted by Crippen LogP contribution is 2.40. The second kappa shape index (κ2) is 6.22. The van der Waals surface area contributed by atoms with E-state index < -0.39 is 4.92 Å². The van der Waals surface area contributed by atoms with Gasteiger partial charge in [0.1, 0.15) is 17.6 Å². The van der Waals surface area contributed by atoms with Crippen LogP contribution in [-0.2, 0) is 0 Å². The van der Waals surface area contributed by atoms with E-state index in [-0.39, 0.29) is 11.7 Å². The van der Waals surface area contributed by atoms with Gasteiger partial charge >= 0.3 is 0 Å². The lowest BCUT2D eigenvalue weighted by molar-refractivity contribution is -0.384. The third kappa shape index (κ3) is 2.53. The van der Waals surface area contributed by atoms with Gasteiger partial charge in [0.15, 0.2) is 5.75 Å². The Morgan fingerprint density at radius 2 is 2.11 bits per heavy atom. The quantitative estimate of drug-likeness (QED) is 0.551. The number of H-pyrrole nitrogens is 1. The number of nitro groups is 1. The number of benzene rings is 1. The van der Waals surface area contributed by atoms with Gasteiger partial charge in [-0.05, 0) is 26.7 Å². The number of hydrogen-bond acceptors (Lipinski definition) is 6. The number of anilines is 1. The largest absolute Gasteiger partial charge is 0.489 e. The molecule has 4 heterocycles. The minimum atomic E-state index is -0.395. The molecule has 0 radical (unpaired) electrons. The van der Waals surface area contributed by atoms with Gasteiger partial charge in [0, 0.05) is 30.8 Å². The van der Waals surface area contributed by atoms with Gasteiger partial charge in [-0.15, -0.1) is 0 Å². The van der Waals surface area contributed by atoms with Gasteiger partial charge in [0.05, 0.1) is 29.1 Å². The average Bonchev–Trinajstić information content (AvgIpc) is 3.29. The predicted molar refractivity (Wildman–Crippen MR) is 104 cm³/mol. The van der Waals surface area contributed by atoms with E-state index >= 15 is 0 Å². The van der Waals surface area contributed by atoms with Crippen LogP contribution in [0.2, 0.25) is 0 Å². The van der Waals surface area contributed by atoms with Crippen LogP contribution in [0.25, 0.3) is 11.0 Å². The Morgan fingerprint density at radius 1 is 1.32 bits per heavy atom. The van der Waals surface area contributed by atoms with Crippen molar-refractivity contribution in [2.45, 2.75) is 38.6 Å². The van der Waals surface area contributed by atoms with Crippen LogP contribution in [-0.4, -0.2) is 44.1 Å². The molecule has 0 unspecified atom stereocenters. The van der Waals surface area contributed by atoms with E-state index in [0.29, 0.717) is 23.8 Å². The number of nitrogens with zero attached hydrogens (tertiary/aromatic N) is 5. The van der Waals surface area contributed by atoms with E-state index in [1.807, 2.05) is 0 Å². The summed E-state index contributed by atoms with van der Waals surface area (Å²) < 4.78 is 7.96. The van der Waals surface area contributed by atoms with Gasteiger partial charge < -0.3 is 19.2 Å². The number of aryl methyl sites for hydroxylation is 1. The van der Waals surface area contributed by atoms with Crippen LogP contribution >= 0.6 is 0 Å². The fourth-order valence-corrected chi connectivity index (χ4v) is 4.44. The Balaban J connectivity index is 1.50. The van der Waals surface area contributed by atoms with Crippen LogP contribution in [0.1, 0.15) is 43.1 Å². The summed E-state index contributed by atoms with van der Waals surface area (Å²) in [6.45, 7) is 6.40. The summed E-state index contributed by atoms with van der Waals surface area (Å²) in [7, 11) is 0. The fraction of sp³-hybridized carbons (Fsp3) is 0.474. The van der Waals surface area contributed by atoms with Crippen molar-refractivity contribution in [3.63, 3.8) is 0 Å². The summed E-state index contributed by atoms with van der Waals surface area (Å²) in [5.41, 5.74) is 3.79. The van der Waals surface area contributed by atoms with Crippen molar-refractivity contribution in [1.82, 2.24) is 19.5 Å². The minimum absolute atomic E-state index is 0.0148. The summed E-state index contributed by atoms with van der Waals surface area (Å²) in [5, 5.41) is 11.3. The van der Waals surface area contributed by atoms with Gasteiger partial charge in [0.2, 0.25) is 5.95 Å². The van der Waals surface area contributed by atoms with Crippen LogP contribution < -0.4 is 9.64 Å². The molecule has 0 saturated carbocycles. The Labute approximate surface area is 161 Å². The monoisotopic (exact) mass is 382 g/mol. The number of rotatable bonds is 3. The van der Waals surface area contributed by atoms with Crippen molar-refractivity contribution >= 4 is 22.7 Å². The molecule has 1 N–H and O–H groups in total. The molecule has 146 valence electrons. The van der Waals surface area contributed by atoms with Crippen LogP contribution in [0.3, 0.4) is 0 Å². The van der Waals surface area contributed by atoms with Crippen molar-refractivity contribution in [3.05, 3.63) is 40.0 Å². The number of piperidine rings is 1. The number of nitro benzene ring substituents is 1. The lowest BCUT2D eigenvalue weighted by atomic mass is 9.93. The zero-order valence-corrected chi connectivity index (χ0v) is 15.9. The van der Waals surface area contributed by atoms with Gasteiger partial charge in [-0.1, -0.05) is 0 Å². The normalized spacial score (nSPS) is 19.8. The number of ether oxygens (including phenoxy) is 1. The van der Waals surface area contributed by atoms with E-state index in [4.69, 9.17) is 9.72 Å². The first-order valence-corrected chi connectivity index (χ1v) is 9.61. The van der Waals surface area contributed by atoms with E-state index in [9.17, 15) is 10.1 Å². The Bertz CT molecular complexity index is 1060. The number of nitrogens with one attached hydrogen (secondary N) is 1. The molecule has 0 amide bonds. The van der Waals surface area contributed by atoms with E-state index in [2.05, 4.69) is 33.3 Å². The Morgan fingerprint density at radius 3 is 2.79 bits per heavy atom. The van der Waals surface area contributed by atoms with Crippen molar-refractivity contribution in [2.75, 3.05) is 24.6 Å². The molecule has 9 nitrogen and oxygen atoms in total. The van der Waals surface area contributed by atoms with Gasteiger partial charge in [-0.3, -0.25) is 10.1 Å². The molecule has 3 aromatic rings. The van der Waals surface area contributed by atoms with E-state index in [1.165, 1.54) is 6.07 Å². The SMILES string of the molecule is Cc1[nH]cnc1C1CCN(c2nc3cc([N+](=O)[O-])cc4c3n2[C@@H](C)CO4)CC1. The molecule has 0 spiro atoms. The molecular weight excluding hydrogens is 360 g/mol. The minimum Gasteiger partial charge on any atom is -0.489 e. The maximum atomic E-state index is 11.3. The van der Waals surface area contributed by atoms with Crippen molar-refractivity contribution in [3.8, 4) is 5.75 Å². The average molecular weight is 382 g/mol. The van der Waals surface area contributed by atoms with Gasteiger partial charge in [0.25, 0.3) is 5.69 Å². The topological polar surface area (TPSA) is 102 Å². The zero-order valence-electron chi connectivity index (χ0n) is 15.9. The van der Waals surface area contributed by atoms with Crippen molar-refractivity contribution in [1.29, 1.82) is 0 Å². The molecule has 1 aromatic carbocycles. The molecule has 1 atom stereocenters. The number of hydrogen-bond donors (Lipinski definition) is 1. The number of non-ortho nitro benzene ring substituents is 1. The second-order valence-electron chi connectivity index (χ2n) is 7.68. The van der Waals surface area contributed by atoms with Crippen LogP contribution in [0.15, 0.2) is 18.5 Å². The van der Waals surface area contributed by atoms with Gasteiger partial charge in [-0.2, -0.15) is 0 Å². The molecule has 2 aromatic heterocycles. The van der Waals surface area contributed by atoms with Crippen molar-refractivity contribution < 1.29 is 9.66 Å². The van der Waals surface area contributed by atoms with Crippen LogP contribution in [0, 0.1) is 17.0 Å². The number of aromatic amines is 1. The first-order chi connectivity index (χ1) is 13.5. The first kappa shape index (κ1) is 17.0. The van der Waals surface area contributed by atoms with Crippen molar-refractivity contribution in [2.24, 2.45) is 0 Å². The summed E-state index contributed by atoms with van der Waals surface area (Å²) in [6, 6.07) is 3.17. The molecule has 5 rings (SSSR count). The molecule has 1 saturated heterocycles. The van der Waals surface area contributed by atoms with E-state index in [1.54, 1.807) is 12.4 Å². The fourth-order valence-electron chi connectivity index (χ4n) is 4.44.